The Morgan fingerprint density at radius 3 is 2.67 bits per heavy atom. The van der Waals surface area contributed by atoms with Gasteiger partial charge in [0, 0.05) is 19.2 Å². The van der Waals surface area contributed by atoms with Crippen molar-refractivity contribution in [3.8, 4) is 0 Å². The van der Waals surface area contributed by atoms with Crippen LogP contribution in [-0.2, 0) is 16.1 Å². The summed E-state index contributed by atoms with van der Waals surface area (Å²) < 4.78 is 7.41. The molecule has 2 atom stereocenters. The van der Waals surface area contributed by atoms with E-state index in [1.54, 1.807) is 16.8 Å². The average Bonchev–Trinajstić information content (AvgIpc) is 3.00. The van der Waals surface area contributed by atoms with E-state index in [1.807, 2.05) is 55.3 Å². The minimum absolute atomic E-state index is 0.0189. The highest BCUT2D eigenvalue weighted by Gasteiger charge is 2.24. The van der Waals surface area contributed by atoms with Gasteiger partial charge in [-0.1, -0.05) is 35.5 Å². The lowest BCUT2D eigenvalue weighted by Gasteiger charge is -2.34. The summed E-state index contributed by atoms with van der Waals surface area (Å²) in [7, 11) is 0. The number of benzene rings is 1. The molecule has 126 valence electrons. The number of hydrogen-bond acceptors (Lipinski definition) is 4. The summed E-state index contributed by atoms with van der Waals surface area (Å²) in [5.74, 6) is -0.0189. The number of ether oxygens (including phenoxy) is 1. The number of hydrogen-bond donors (Lipinski definition) is 0. The molecule has 3 rings (SSSR count). The molecule has 0 bridgehead atoms. The zero-order chi connectivity index (χ0) is 16.9. The molecule has 1 saturated heterocycles. The molecule has 1 aliphatic rings. The number of morpholine rings is 1. The average molecular weight is 326 g/mol. The van der Waals surface area contributed by atoms with Crippen molar-refractivity contribution in [1.82, 2.24) is 19.9 Å². The second kappa shape index (κ2) is 7.40. The first-order valence-corrected chi connectivity index (χ1v) is 8.16. The Morgan fingerprint density at radius 2 is 1.96 bits per heavy atom. The summed E-state index contributed by atoms with van der Waals surface area (Å²) in [5, 5.41) is 8.19. The van der Waals surface area contributed by atoms with Gasteiger partial charge in [0.15, 0.2) is 0 Å². The molecule has 1 aromatic heterocycles. The van der Waals surface area contributed by atoms with Gasteiger partial charge in [0.1, 0.15) is 5.69 Å². The molecule has 2 heterocycles. The molecule has 6 nitrogen and oxygen atoms in total. The van der Waals surface area contributed by atoms with Crippen molar-refractivity contribution in [2.24, 2.45) is 0 Å². The third-order valence-electron chi connectivity index (χ3n) is 3.87. The van der Waals surface area contributed by atoms with Crippen LogP contribution in [0.2, 0.25) is 0 Å². The maximum Gasteiger partial charge on any atom is 0.246 e. The van der Waals surface area contributed by atoms with Gasteiger partial charge in [0.2, 0.25) is 5.91 Å². The van der Waals surface area contributed by atoms with E-state index in [4.69, 9.17) is 4.74 Å². The Balaban J connectivity index is 1.59. The van der Waals surface area contributed by atoms with Crippen LogP contribution in [0, 0.1) is 0 Å². The van der Waals surface area contributed by atoms with Gasteiger partial charge in [-0.2, -0.15) is 0 Å². The molecule has 0 aliphatic carbocycles. The molecule has 0 radical (unpaired) electrons. The van der Waals surface area contributed by atoms with Crippen LogP contribution in [-0.4, -0.2) is 51.1 Å². The Morgan fingerprint density at radius 1 is 1.25 bits per heavy atom. The number of carbonyl (C=O) groups is 1. The van der Waals surface area contributed by atoms with Crippen molar-refractivity contribution in [2.75, 3.05) is 13.1 Å². The molecular formula is C18H22N4O2. The van der Waals surface area contributed by atoms with Crippen LogP contribution in [0.5, 0.6) is 0 Å². The van der Waals surface area contributed by atoms with Crippen molar-refractivity contribution >= 4 is 12.0 Å². The third kappa shape index (κ3) is 4.29. The first-order valence-electron chi connectivity index (χ1n) is 8.16. The Hall–Kier alpha value is -2.47. The molecule has 2 aromatic rings. The van der Waals surface area contributed by atoms with Gasteiger partial charge in [0.25, 0.3) is 0 Å². The number of rotatable bonds is 4. The molecule has 6 heteroatoms. The zero-order valence-electron chi connectivity index (χ0n) is 14.0. The Labute approximate surface area is 141 Å². The van der Waals surface area contributed by atoms with E-state index in [9.17, 15) is 4.79 Å². The van der Waals surface area contributed by atoms with E-state index in [0.717, 1.165) is 5.56 Å². The zero-order valence-corrected chi connectivity index (χ0v) is 14.0. The molecule has 1 aromatic carbocycles. The molecular weight excluding hydrogens is 304 g/mol. The van der Waals surface area contributed by atoms with Gasteiger partial charge in [-0.15, -0.1) is 5.10 Å². The second-order valence-electron chi connectivity index (χ2n) is 6.16. The van der Waals surface area contributed by atoms with Crippen molar-refractivity contribution < 1.29 is 9.53 Å². The molecule has 0 N–H and O–H groups in total. The van der Waals surface area contributed by atoms with Crippen LogP contribution in [0.15, 0.2) is 42.6 Å². The SMILES string of the molecule is C[C@H]1CN(C(=O)/C=C/c2cn(Cc3ccccc3)nn2)C[C@H](C)O1. The normalized spacial score (nSPS) is 21.3. The Bertz CT molecular complexity index is 701. The molecule has 1 amide bonds. The van der Waals surface area contributed by atoms with Crippen molar-refractivity contribution in [3.63, 3.8) is 0 Å². The Kier molecular flexibility index (Phi) is 5.05. The number of carbonyl (C=O) groups excluding carboxylic acids is 1. The quantitative estimate of drug-likeness (QED) is 0.806. The fraction of sp³-hybridized carbons (Fsp3) is 0.389. The van der Waals surface area contributed by atoms with Crippen molar-refractivity contribution in [3.05, 3.63) is 53.9 Å². The van der Waals surface area contributed by atoms with E-state index in [1.165, 1.54) is 0 Å². The predicted molar refractivity (Wildman–Crippen MR) is 91.2 cm³/mol. The number of amides is 1. The first-order chi connectivity index (χ1) is 11.6. The summed E-state index contributed by atoms with van der Waals surface area (Å²) in [5.41, 5.74) is 1.83. The van der Waals surface area contributed by atoms with Gasteiger partial charge in [-0.25, -0.2) is 4.68 Å². The smallest absolute Gasteiger partial charge is 0.246 e. The predicted octanol–water partition coefficient (Wildman–Crippen LogP) is 1.98. The summed E-state index contributed by atoms with van der Waals surface area (Å²) in [4.78, 5) is 14.1. The van der Waals surface area contributed by atoms with Gasteiger partial charge in [-0.3, -0.25) is 4.79 Å². The van der Waals surface area contributed by atoms with Crippen LogP contribution in [0.25, 0.3) is 6.08 Å². The number of aromatic nitrogens is 3. The van der Waals surface area contributed by atoms with Crippen LogP contribution in [0.1, 0.15) is 25.1 Å². The van der Waals surface area contributed by atoms with Crippen LogP contribution in [0.3, 0.4) is 0 Å². The van der Waals surface area contributed by atoms with Gasteiger partial charge >= 0.3 is 0 Å². The van der Waals surface area contributed by atoms with Crippen LogP contribution >= 0.6 is 0 Å². The fourth-order valence-electron chi connectivity index (χ4n) is 2.86. The maximum atomic E-state index is 12.3. The highest BCUT2D eigenvalue weighted by atomic mass is 16.5. The monoisotopic (exact) mass is 326 g/mol. The highest BCUT2D eigenvalue weighted by Crippen LogP contribution is 2.11. The third-order valence-corrected chi connectivity index (χ3v) is 3.87. The largest absolute Gasteiger partial charge is 0.372 e. The molecule has 0 unspecified atom stereocenters. The lowest BCUT2D eigenvalue weighted by molar-refractivity contribution is -0.137. The standard InChI is InChI=1S/C18H22N4O2/c1-14-10-21(11-15(2)24-14)18(23)9-8-17-13-22(20-19-17)12-16-6-4-3-5-7-16/h3-9,13-15H,10-12H2,1-2H3/b9-8+/t14-,15-/m0/s1. The molecule has 24 heavy (non-hydrogen) atoms. The summed E-state index contributed by atoms with van der Waals surface area (Å²) in [6.45, 7) is 5.86. The summed E-state index contributed by atoms with van der Waals surface area (Å²) in [6.07, 6.45) is 5.24. The summed E-state index contributed by atoms with van der Waals surface area (Å²) >= 11 is 0. The second-order valence-corrected chi connectivity index (χ2v) is 6.16. The number of nitrogens with zero attached hydrogens (tertiary/aromatic N) is 4. The van der Waals surface area contributed by atoms with Crippen LogP contribution < -0.4 is 0 Å². The molecule has 1 fully saturated rings. The van der Waals surface area contributed by atoms with Gasteiger partial charge in [0.05, 0.1) is 24.9 Å². The highest BCUT2D eigenvalue weighted by molar-refractivity contribution is 5.91. The maximum absolute atomic E-state index is 12.3. The lowest BCUT2D eigenvalue weighted by Crippen LogP contribution is -2.47. The molecule has 0 saturated carbocycles. The van der Waals surface area contributed by atoms with Gasteiger partial charge < -0.3 is 9.64 Å². The van der Waals surface area contributed by atoms with Crippen molar-refractivity contribution in [2.45, 2.75) is 32.6 Å². The fourth-order valence-corrected chi connectivity index (χ4v) is 2.86. The molecule has 1 aliphatic heterocycles. The van der Waals surface area contributed by atoms with E-state index >= 15 is 0 Å². The van der Waals surface area contributed by atoms with E-state index in [2.05, 4.69) is 10.3 Å². The minimum Gasteiger partial charge on any atom is -0.372 e. The van der Waals surface area contributed by atoms with E-state index < -0.39 is 0 Å². The topological polar surface area (TPSA) is 60.2 Å². The van der Waals surface area contributed by atoms with E-state index in [0.29, 0.717) is 25.3 Å². The molecule has 0 spiro atoms. The van der Waals surface area contributed by atoms with Crippen LogP contribution in [0.4, 0.5) is 0 Å². The first kappa shape index (κ1) is 16.4. The minimum atomic E-state index is -0.0189. The van der Waals surface area contributed by atoms with Crippen molar-refractivity contribution in [1.29, 1.82) is 0 Å². The summed E-state index contributed by atoms with van der Waals surface area (Å²) in [6, 6.07) is 10.1. The van der Waals surface area contributed by atoms with E-state index in [-0.39, 0.29) is 18.1 Å². The lowest BCUT2D eigenvalue weighted by atomic mass is 10.2. The van der Waals surface area contributed by atoms with Gasteiger partial charge in [-0.05, 0) is 25.5 Å².